The molecular weight excluding hydrogens is 252 g/mol. The van der Waals surface area contributed by atoms with E-state index in [4.69, 9.17) is 25.0 Å². The number of ketones is 1. The Morgan fingerprint density at radius 3 is 2.89 bits per heavy atom. The van der Waals surface area contributed by atoms with Gasteiger partial charge in [0.05, 0.1) is 12.6 Å². The number of Topliss-reactive ketones (excluding diaryl/α,β-unsaturated/α-hetero) is 1. The zero-order valence-corrected chi connectivity index (χ0v) is 10.7. The molecule has 0 aromatic heterocycles. The fourth-order valence-corrected chi connectivity index (χ4v) is 2.40. The summed E-state index contributed by atoms with van der Waals surface area (Å²) in [5.74, 6) is -2.50. The minimum absolute atomic E-state index is 0.104. The van der Waals surface area contributed by atoms with Crippen LogP contribution in [0, 0.1) is 11.3 Å². The first-order valence-corrected chi connectivity index (χ1v) is 5.91. The Balaban J connectivity index is 2.22. The summed E-state index contributed by atoms with van der Waals surface area (Å²) in [6.07, 6.45) is -1.35. The molecule has 0 unspecified atom stereocenters. The summed E-state index contributed by atoms with van der Waals surface area (Å²) in [5.41, 5.74) is 8.29. The van der Waals surface area contributed by atoms with E-state index in [1.165, 1.54) is 0 Å². The summed E-state index contributed by atoms with van der Waals surface area (Å²) >= 11 is 0. The summed E-state index contributed by atoms with van der Waals surface area (Å²) in [4.78, 5) is 14.8. The van der Waals surface area contributed by atoms with Crippen molar-refractivity contribution in [2.75, 3.05) is 6.54 Å². The Bertz CT molecular complexity index is 480. The van der Waals surface area contributed by atoms with Crippen LogP contribution in [0.1, 0.15) is 26.7 Å². The van der Waals surface area contributed by atoms with Crippen molar-refractivity contribution in [1.29, 1.82) is 5.26 Å². The van der Waals surface area contributed by atoms with Crippen molar-refractivity contribution < 1.29 is 19.0 Å². The lowest BCUT2D eigenvalue weighted by Crippen LogP contribution is -2.39. The maximum Gasteiger partial charge on any atom is 0.206 e. The van der Waals surface area contributed by atoms with Gasteiger partial charge in [0.25, 0.3) is 0 Å². The molecule has 8 heteroatoms. The van der Waals surface area contributed by atoms with E-state index in [9.17, 15) is 4.79 Å². The molecule has 0 aromatic rings. The second-order valence-corrected chi connectivity index (χ2v) is 4.89. The maximum atomic E-state index is 12.2. The number of nitrogens with zero attached hydrogens (tertiary/aromatic N) is 4. The molecule has 2 heterocycles. The van der Waals surface area contributed by atoms with E-state index in [0.717, 1.165) is 0 Å². The highest BCUT2D eigenvalue weighted by Gasteiger charge is 2.64. The Kier molecular flexibility index (Phi) is 3.47. The van der Waals surface area contributed by atoms with Crippen molar-refractivity contribution >= 4 is 5.78 Å². The molecule has 2 fully saturated rings. The number of hydrogen-bond donors (Lipinski definition) is 0. The van der Waals surface area contributed by atoms with Crippen LogP contribution in [0.25, 0.3) is 10.4 Å². The lowest BCUT2D eigenvalue weighted by atomic mass is 10.0. The summed E-state index contributed by atoms with van der Waals surface area (Å²) < 4.78 is 16.9. The van der Waals surface area contributed by atoms with Crippen molar-refractivity contribution in [3.05, 3.63) is 10.4 Å². The zero-order valence-electron chi connectivity index (χ0n) is 10.7. The van der Waals surface area contributed by atoms with Gasteiger partial charge in [0.15, 0.2) is 17.7 Å². The number of hydrogen-bond acceptors (Lipinski definition) is 6. The number of rotatable bonds is 4. The van der Waals surface area contributed by atoms with Crippen LogP contribution in [0.4, 0.5) is 0 Å². The van der Waals surface area contributed by atoms with Crippen molar-refractivity contribution in [2.45, 2.75) is 50.5 Å². The molecule has 0 N–H and O–H groups in total. The van der Waals surface area contributed by atoms with E-state index >= 15 is 0 Å². The molecule has 8 nitrogen and oxygen atoms in total. The first kappa shape index (κ1) is 13.8. The third-order valence-electron chi connectivity index (χ3n) is 3.03. The Hall–Kier alpha value is -1.65. The molecule has 19 heavy (non-hydrogen) atoms. The minimum Gasteiger partial charge on any atom is -0.335 e. The topological polar surface area (TPSA) is 117 Å². The van der Waals surface area contributed by atoms with Gasteiger partial charge in [0.2, 0.25) is 5.79 Å². The molecule has 2 rings (SSSR count). The third kappa shape index (κ3) is 2.41. The van der Waals surface area contributed by atoms with Crippen LogP contribution in [-0.2, 0) is 19.0 Å². The normalized spacial score (nSPS) is 35.5. The van der Waals surface area contributed by atoms with E-state index in [2.05, 4.69) is 10.0 Å². The fourth-order valence-electron chi connectivity index (χ4n) is 2.40. The number of nitriles is 1. The predicted molar refractivity (Wildman–Crippen MR) is 61.5 cm³/mol. The lowest BCUT2D eigenvalue weighted by Gasteiger charge is -2.27. The first-order chi connectivity index (χ1) is 8.94. The monoisotopic (exact) mass is 266 g/mol. The van der Waals surface area contributed by atoms with Gasteiger partial charge in [-0.05, 0) is 19.4 Å². The average molecular weight is 266 g/mol. The molecule has 2 saturated heterocycles. The fraction of sp³-hybridized carbons (Fsp3) is 0.818. The largest absolute Gasteiger partial charge is 0.335 e. The molecule has 0 aromatic carbocycles. The lowest BCUT2D eigenvalue weighted by molar-refractivity contribution is -0.258. The van der Waals surface area contributed by atoms with E-state index in [1.807, 2.05) is 6.07 Å². The van der Waals surface area contributed by atoms with Crippen molar-refractivity contribution in [2.24, 2.45) is 5.11 Å². The average Bonchev–Trinajstić information content (AvgIpc) is 2.75. The smallest absolute Gasteiger partial charge is 0.206 e. The molecule has 0 saturated carbocycles. The van der Waals surface area contributed by atoms with Gasteiger partial charge in [0, 0.05) is 17.8 Å². The van der Waals surface area contributed by atoms with Crippen LogP contribution in [-0.4, -0.2) is 36.1 Å². The molecule has 2 aliphatic heterocycles. The zero-order chi connectivity index (χ0) is 14.1. The number of carbonyl (C=O) groups is 1. The quantitative estimate of drug-likeness (QED) is 0.433. The van der Waals surface area contributed by atoms with Gasteiger partial charge in [0.1, 0.15) is 6.10 Å². The highest BCUT2D eigenvalue weighted by atomic mass is 16.9. The van der Waals surface area contributed by atoms with E-state index in [-0.39, 0.29) is 25.2 Å². The number of ether oxygens (including phenoxy) is 3. The second kappa shape index (κ2) is 4.79. The number of fused-ring (bicyclic) bond motifs is 1. The van der Waals surface area contributed by atoms with Gasteiger partial charge in [-0.25, -0.2) is 0 Å². The third-order valence-corrected chi connectivity index (χ3v) is 3.03. The van der Waals surface area contributed by atoms with Gasteiger partial charge in [-0.15, -0.1) is 0 Å². The van der Waals surface area contributed by atoms with Crippen LogP contribution < -0.4 is 0 Å². The summed E-state index contributed by atoms with van der Waals surface area (Å²) in [7, 11) is 0. The molecule has 3 atom stereocenters. The molecule has 0 radical (unpaired) electrons. The highest BCUT2D eigenvalue weighted by molar-refractivity contribution is 5.91. The maximum absolute atomic E-state index is 12.2. The van der Waals surface area contributed by atoms with Crippen molar-refractivity contribution in [1.82, 2.24) is 0 Å². The number of azide groups is 1. The van der Waals surface area contributed by atoms with Crippen LogP contribution >= 0.6 is 0 Å². The molecule has 0 spiro atoms. The van der Waals surface area contributed by atoms with E-state index < -0.39 is 23.8 Å². The van der Waals surface area contributed by atoms with Gasteiger partial charge in [-0.2, -0.15) is 5.26 Å². The summed E-state index contributed by atoms with van der Waals surface area (Å²) in [5, 5.41) is 12.0. The van der Waals surface area contributed by atoms with Gasteiger partial charge in [-0.1, -0.05) is 5.11 Å². The van der Waals surface area contributed by atoms with Crippen LogP contribution in [0.3, 0.4) is 0 Å². The predicted octanol–water partition coefficient (Wildman–Crippen LogP) is 1.42. The Morgan fingerprint density at radius 1 is 1.53 bits per heavy atom. The van der Waals surface area contributed by atoms with E-state index in [0.29, 0.717) is 0 Å². The first-order valence-electron chi connectivity index (χ1n) is 5.91. The molecule has 102 valence electrons. The van der Waals surface area contributed by atoms with Crippen LogP contribution in [0.5, 0.6) is 0 Å². The molecule has 0 aliphatic carbocycles. The van der Waals surface area contributed by atoms with Crippen LogP contribution in [0.15, 0.2) is 5.11 Å². The van der Waals surface area contributed by atoms with Crippen molar-refractivity contribution in [3.8, 4) is 6.07 Å². The second-order valence-electron chi connectivity index (χ2n) is 4.89. The molecule has 0 bridgehead atoms. The minimum atomic E-state index is -1.24. The van der Waals surface area contributed by atoms with Crippen molar-refractivity contribution in [3.63, 3.8) is 0 Å². The SMILES string of the molecule is CC1(C)O[C@H]2C(=O)[C@H](CN=[N+]=[N-])O[C@@]2(CCC#N)O1. The summed E-state index contributed by atoms with van der Waals surface area (Å²) in [6.45, 7) is 3.25. The molecule has 2 aliphatic rings. The van der Waals surface area contributed by atoms with E-state index in [1.54, 1.807) is 13.8 Å². The Labute approximate surface area is 109 Å². The number of carbonyl (C=O) groups excluding carboxylic acids is 1. The van der Waals surface area contributed by atoms with Gasteiger partial charge >= 0.3 is 0 Å². The van der Waals surface area contributed by atoms with Gasteiger partial charge in [-0.3, -0.25) is 4.79 Å². The van der Waals surface area contributed by atoms with Crippen LogP contribution in [0.2, 0.25) is 0 Å². The highest BCUT2D eigenvalue weighted by Crippen LogP contribution is 2.46. The Morgan fingerprint density at radius 2 is 2.26 bits per heavy atom. The molecule has 0 amide bonds. The summed E-state index contributed by atoms with van der Waals surface area (Å²) in [6, 6.07) is 1.99. The van der Waals surface area contributed by atoms with Gasteiger partial charge < -0.3 is 14.2 Å². The standard InChI is InChI=1S/C11H14N4O4/c1-10(2)18-9-8(16)7(6-14-15-13)17-11(9,19-10)4-3-5-12/h7,9H,3-4,6H2,1-2H3/t7-,9-,11-/m0/s1. The molecular formula is C11H14N4O4.